The van der Waals surface area contributed by atoms with Crippen molar-refractivity contribution in [1.29, 1.82) is 0 Å². The molecule has 1 unspecified atom stereocenters. The zero-order valence-electron chi connectivity index (χ0n) is 22.8. The van der Waals surface area contributed by atoms with Gasteiger partial charge in [-0.15, -0.1) is 11.3 Å². The third-order valence-corrected chi connectivity index (χ3v) is 9.38. The van der Waals surface area contributed by atoms with E-state index in [1.54, 1.807) is 18.2 Å². The average Bonchev–Trinajstić information content (AvgIpc) is 3.69. The molecule has 1 atom stereocenters. The number of aromatic nitrogens is 1. The fourth-order valence-electron chi connectivity index (χ4n) is 6.61. The van der Waals surface area contributed by atoms with Gasteiger partial charge in [-0.25, -0.2) is 4.98 Å². The number of nitrogens with zero attached hydrogens (tertiary/aromatic N) is 2. The van der Waals surface area contributed by atoms with E-state index < -0.39 is 5.41 Å². The minimum Gasteiger partial charge on any atom is -0.467 e. The van der Waals surface area contributed by atoms with Gasteiger partial charge >= 0.3 is 0 Å². The molecule has 0 radical (unpaired) electrons. The van der Waals surface area contributed by atoms with Crippen molar-refractivity contribution in [1.82, 2.24) is 9.88 Å². The van der Waals surface area contributed by atoms with Gasteiger partial charge in [0.1, 0.15) is 5.76 Å². The molecule has 0 saturated carbocycles. The molecule has 2 amide bonds. The second-order valence-corrected chi connectivity index (χ2v) is 12.0. The first-order valence-corrected chi connectivity index (χ1v) is 14.6. The lowest BCUT2D eigenvalue weighted by Crippen LogP contribution is -2.47. The first-order valence-electron chi connectivity index (χ1n) is 13.8. The summed E-state index contributed by atoms with van der Waals surface area (Å²) in [6.07, 6.45) is 2.37. The van der Waals surface area contributed by atoms with Gasteiger partial charge in [-0.05, 0) is 59.9 Å². The highest BCUT2D eigenvalue weighted by Crippen LogP contribution is 2.61. The summed E-state index contributed by atoms with van der Waals surface area (Å²) in [5.41, 5.74) is 6.83. The predicted octanol–water partition coefficient (Wildman–Crippen LogP) is 7.30. The highest BCUT2D eigenvalue weighted by atomic mass is 32.1. The quantitative estimate of drug-likeness (QED) is 0.237. The van der Waals surface area contributed by atoms with Crippen molar-refractivity contribution >= 4 is 28.3 Å². The van der Waals surface area contributed by atoms with E-state index in [1.165, 1.54) is 33.6 Å². The Bertz CT molecular complexity index is 1710. The maximum Gasteiger partial charge on any atom is 0.254 e. The number of furan rings is 1. The molecule has 1 N–H and O–H groups in total. The molecule has 0 saturated heterocycles. The van der Waals surface area contributed by atoms with Crippen LogP contribution in [0.4, 0.5) is 5.13 Å². The number of thiazole rings is 1. The van der Waals surface area contributed by atoms with Gasteiger partial charge in [0.05, 0.1) is 23.9 Å². The Balaban J connectivity index is 1.09. The number of fused-ring (bicyclic) bond motifs is 1. The Morgan fingerprint density at radius 3 is 2.24 bits per heavy atom. The Labute approximate surface area is 242 Å². The molecule has 0 spiro atoms. The number of carbonyl (C=O) groups excluding carboxylic acids is 2. The monoisotopic (exact) mass is 559 g/mol. The van der Waals surface area contributed by atoms with Gasteiger partial charge in [-0.1, -0.05) is 60.7 Å². The lowest BCUT2D eigenvalue weighted by molar-refractivity contribution is -0.126. The lowest BCUT2D eigenvalue weighted by Gasteiger charge is -2.50. The molecule has 3 aromatic carbocycles. The topological polar surface area (TPSA) is 75.4 Å². The number of benzene rings is 3. The van der Waals surface area contributed by atoms with Crippen LogP contribution in [0.15, 0.2) is 101 Å². The smallest absolute Gasteiger partial charge is 0.254 e. The third-order valence-electron chi connectivity index (χ3n) is 8.62. The van der Waals surface area contributed by atoms with Crippen LogP contribution in [0.5, 0.6) is 0 Å². The maximum absolute atomic E-state index is 13.9. The molecule has 204 valence electrons. The van der Waals surface area contributed by atoms with Crippen molar-refractivity contribution in [2.24, 2.45) is 5.41 Å². The van der Waals surface area contributed by atoms with Gasteiger partial charge in [0, 0.05) is 35.4 Å². The lowest BCUT2D eigenvalue weighted by atomic mass is 9.52. The van der Waals surface area contributed by atoms with Crippen LogP contribution >= 0.6 is 11.3 Å². The SMILES string of the molecule is CN(Cc1ccco1)C(=O)c1ccc(-c2csc(NC(=O)C3(C)CC4c5ccccc5C3c3ccccc34)n2)cc1. The van der Waals surface area contributed by atoms with Crippen molar-refractivity contribution in [3.05, 3.63) is 130 Å². The number of hydrogen-bond acceptors (Lipinski definition) is 5. The molecule has 3 aliphatic carbocycles. The Kier molecular flexibility index (Phi) is 6.12. The second-order valence-electron chi connectivity index (χ2n) is 11.2. The number of anilines is 1. The first kappa shape index (κ1) is 25.5. The second kappa shape index (κ2) is 9.85. The van der Waals surface area contributed by atoms with Gasteiger partial charge in [0.15, 0.2) is 5.13 Å². The fourth-order valence-corrected chi connectivity index (χ4v) is 7.32. The van der Waals surface area contributed by atoms with E-state index in [0.717, 1.165) is 23.4 Å². The van der Waals surface area contributed by atoms with Crippen LogP contribution in [0.25, 0.3) is 11.3 Å². The molecule has 2 bridgehead atoms. The van der Waals surface area contributed by atoms with E-state index in [1.807, 2.05) is 41.8 Å². The summed E-state index contributed by atoms with van der Waals surface area (Å²) in [4.78, 5) is 33.2. The van der Waals surface area contributed by atoms with Gasteiger partial charge in [-0.2, -0.15) is 0 Å². The van der Waals surface area contributed by atoms with E-state index in [-0.39, 0.29) is 23.7 Å². The van der Waals surface area contributed by atoms with Crippen LogP contribution in [0.1, 0.15) is 63.6 Å². The molecule has 2 heterocycles. The molecule has 2 aromatic heterocycles. The fraction of sp³-hybridized carbons (Fsp3) is 0.206. The van der Waals surface area contributed by atoms with Gasteiger partial charge < -0.3 is 14.6 Å². The highest BCUT2D eigenvalue weighted by molar-refractivity contribution is 7.14. The average molecular weight is 560 g/mol. The molecular formula is C34H29N3O3S. The standard InChI is InChI=1S/C34H29N3O3S/c1-34(18-28-24-9-3-5-11-26(24)30(34)27-12-6-4-10-25(27)28)32(39)36-33-35-29(20-41-33)21-13-15-22(16-14-21)31(38)37(2)19-23-8-7-17-40-23/h3-17,20,28,30H,18-19H2,1-2H3,(H,35,36,39). The van der Waals surface area contributed by atoms with Crippen LogP contribution < -0.4 is 5.32 Å². The zero-order valence-corrected chi connectivity index (χ0v) is 23.7. The van der Waals surface area contributed by atoms with Gasteiger partial charge in [0.25, 0.3) is 5.91 Å². The number of hydrogen-bond donors (Lipinski definition) is 1. The molecule has 3 aliphatic rings. The Hall–Kier alpha value is -4.49. The van der Waals surface area contributed by atoms with E-state index >= 15 is 0 Å². The minimum absolute atomic E-state index is 0.00190. The Morgan fingerprint density at radius 2 is 1.61 bits per heavy atom. The van der Waals surface area contributed by atoms with E-state index in [4.69, 9.17) is 9.40 Å². The van der Waals surface area contributed by atoms with Crippen LogP contribution in [0.2, 0.25) is 0 Å². The predicted molar refractivity (Wildman–Crippen MR) is 160 cm³/mol. The van der Waals surface area contributed by atoms with Crippen molar-refractivity contribution in [2.45, 2.75) is 31.7 Å². The van der Waals surface area contributed by atoms with Crippen LogP contribution in [0, 0.1) is 5.41 Å². The summed E-state index contributed by atoms with van der Waals surface area (Å²) >= 11 is 1.42. The van der Waals surface area contributed by atoms with Crippen LogP contribution in [-0.2, 0) is 11.3 Å². The number of rotatable bonds is 6. The summed E-state index contributed by atoms with van der Waals surface area (Å²) in [5.74, 6) is 0.845. The van der Waals surface area contributed by atoms with Crippen molar-refractivity contribution in [3.63, 3.8) is 0 Å². The van der Waals surface area contributed by atoms with Gasteiger partial charge in [-0.3, -0.25) is 9.59 Å². The highest BCUT2D eigenvalue weighted by Gasteiger charge is 2.54. The summed E-state index contributed by atoms with van der Waals surface area (Å²) in [7, 11) is 1.75. The summed E-state index contributed by atoms with van der Waals surface area (Å²) < 4.78 is 5.36. The van der Waals surface area contributed by atoms with Crippen molar-refractivity contribution < 1.29 is 14.0 Å². The molecule has 0 aliphatic heterocycles. The normalized spacial score (nSPS) is 20.2. The van der Waals surface area contributed by atoms with Gasteiger partial charge in [0.2, 0.25) is 5.91 Å². The molecule has 6 nitrogen and oxygen atoms in total. The molecule has 5 aromatic rings. The van der Waals surface area contributed by atoms with Crippen LogP contribution in [0.3, 0.4) is 0 Å². The summed E-state index contributed by atoms with van der Waals surface area (Å²) in [6.45, 7) is 2.50. The maximum atomic E-state index is 13.9. The minimum atomic E-state index is -0.594. The van der Waals surface area contributed by atoms with E-state index in [9.17, 15) is 9.59 Å². The van der Waals surface area contributed by atoms with E-state index in [2.05, 4.69) is 60.8 Å². The zero-order chi connectivity index (χ0) is 28.1. The summed E-state index contributed by atoms with van der Waals surface area (Å²) in [6, 6.07) is 28.2. The first-order chi connectivity index (χ1) is 19.9. The molecule has 7 heteroatoms. The van der Waals surface area contributed by atoms with Crippen LogP contribution in [-0.4, -0.2) is 28.7 Å². The van der Waals surface area contributed by atoms with Crippen molar-refractivity contribution in [2.75, 3.05) is 12.4 Å². The van der Waals surface area contributed by atoms with E-state index in [0.29, 0.717) is 17.2 Å². The molecular weight excluding hydrogens is 530 g/mol. The third kappa shape index (κ3) is 4.28. The largest absolute Gasteiger partial charge is 0.467 e. The molecule has 0 fully saturated rings. The summed E-state index contributed by atoms with van der Waals surface area (Å²) in [5, 5.41) is 5.67. The Morgan fingerprint density at radius 1 is 0.951 bits per heavy atom. The van der Waals surface area contributed by atoms with Crippen molar-refractivity contribution in [3.8, 4) is 11.3 Å². The molecule has 41 heavy (non-hydrogen) atoms. The number of amides is 2. The number of carbonyl (C=O) groups is 2. The molecule has 8 rings (SSSR count). The number of nitrogens with one attached hydrogen (secondary N) is 1.